The first-order valence-corrected chi connectivity index (χ1v) is 11.7. The van der Waals surface area contributed by atoms with Crippen molar-refractivity contribution in [3.8, 4) is 11.3 Å². The van der Waals surface area contributed by atoms with Crippen LogP contribution in [-0.2, 0) is 0 Å². The number of rotatable bonds is 6. The van der Waals surface area contributed by atoms with Gasteiger partial charge in [0, 0.05) is 17.9 Å². The Labute approximate surface area is 210 Å². The molecule has 0 aliphatic heterocycles. The number of aromatic nitrogens is 2. The zero-order chi connectivity index (χ0) is 26.9. The fraction of sp³-hybridized carbons (Fsp3) is 0.346. The summed E-state index contributed by atoms with van der Waals surface area (Å²) in [6.45, 7) is 1.12. The Morgan fingerprint density at radius 1 is 1.22 bits per heavy atom. The third-order valence-electron chi connectivity index (χ3n) is 6.47. The molecule has 37 heavy (non-hydrogen) atoms. The molecule has 3 atom stereocenters. The molecule has 1 fully saturated rings. The number of nitrogen functional groups attached to an aromatic ring is 1. The van der Waals surface area contributed by atoms with Gasteiger partial charge in [-0.15, -0.1) is 0 Å². The molecule has 1 heterocycles. The summed E-state index contributed by atoms with van der Waals surface area (Å²) in [4.78, 5) is 21.1. The number of carbonyl (C=O) groups is 1. The van der Waals surface area contributed by atoms with Crippen LogP contribution in [0.4, 0.5) is 23.4 Å². The summed E-state index contributed by atoms with van der Waals surface area (Å²) >= 11 is 0. The molecule has 1 amide bonds. The van der Waals surface area contributed by atoms with Gasteiger partial charge in [-0.2, -0.15) is 0 Å². The second-order valence-electron chi connectivity index (χ2n) is 9.25. The highest BCUT2D eigenvalue weighted by Gasteiger charge is 2.45. The Hall–Kier alpha value is -3.57. The van der Waals surface area contributed by atoms with Gasteiger partial charge in [-0.25, -0.2) is 27.5 Å². The molecule has 1 saturated carbocycles. The summed E-state index contributed by atoms with van der Waals surface area (Å²) in [6, 6.07) is 6.72. The van der Waals surface area contributed by atoms with Gasteiger partial charge in [0.2, 0.25) is 0 Å². The topological polar surface area (TPSA) is 121 Å². The lowest BCUT2D eigenvalue weighted by molar-refractivity contribution is -0.136. The highest BCUT2D eigenvalue weighted by Crippen LogP contribution is 2.42. The van der Waals surface area contributed by atoms with Crippen LogP contribution in [0.25, 0.3) is 11.3 Å². The third-order valence-corrected chi connectivity index (χ3v) is 6.47. The molecular weight excluding hydrogens is 492 g/mol. The van der Waals surface area contributed by atoms with Crippen molar-refractivity contribution in [1.29, 1.82) is 0 Å². The molecule has 1 aliphatic rings. The molecule has 0 radical (unpaired) electrons. The van der Waals surface area contributed by atoms with Gasteiger partial charge in [-0.05, 0) is 55.2 Å². The summed E-state index contributed by atoms with van der Waals surface area (Å²) in [5.41, 5.74) is 7.00. The van der Waals surface area contributed by atoms with Crippen molar-refractivity contribution >= 4 is 11.7 Å². The van der Waals surface area contributed by atoms with Gasteiger partial charge in [0.1, 0.15) is 29.3 Å². The Kier molecular flexibility index (Phi) is 7.47. The maximum atomic E-state index is 15.0. The Bertz CT molecular complexity index is 1300. The first-order chi connectivity index (χ1) is 17.5. The standard InChI is InChI=1S/C26H26F4N4O3/c1-13-6-16(8-17(27)7-13)21(12-35)34-25(37)18-4-2-14(9-19(18)28)23-24(31)32-11-20(33-23)15-3-5-22(36)26(29,30)10-15/h2,4,6-9,11,15,21-22,35-36H,3,5,10,12H2,1H3,(H2,31,32)(H,34,37)/t15-,21-,22-/m1/s1. The first-order valence-electron chi connectivity index (χ1n) is 11.7. The summed E-state index contributed by atoms with van der Waals surface area (Å²) in [5.74, 6) is -6.26. The molecule has 7 nitrogen and oxygen atoms in total. The number of anilines is 1. The number of aryl methyl sites for hydroxylation is 1. The van der Waals surface area contributed by atoms with Crippen molar-refractivity contribution in [2.75, 3.05) is 12.3 Å². The average Bonchev–Trinajstić information content (AvgIpc) is 2.83. The van der Waals surface area contributed by atoms with E-state index in [4.69, 9.17) is 5.73 Å². The van der Waals surface area contributed by atoms with Crippen LogP contribution in [0.1, 0.15) is 58.4 Å². The van der Waals surface area contributed by atoms with Crippen molar-refractivity contribution in [3.05, 3.63) is 76.6 Å². The average molecular weight is 519 g/mol. The summed E-state index contributed by atoms with van der Waals surface area (Å²) < 4.78 is 56.8. The minimum absolute atomic E-state index is 0.0511. The predicted molar refractivity (Wildman–Crippen MR) is 128 cm³/mol. The third kappa shape index (κ3) is 5.72. The van der Waals surface area contributed by atoms with Crippen LogP contribution in [0, 0.1) is 18.6 Å². The van der Waals surface area contributed by atoms with E-state index in [-0.39, 0.29) is 41.2 Å². The molecule has 0 bridgehead atoms. The zero-order valence-electron chi connectivity index (χ0n) is 19.9. The number of amides is 1. The number of hydrogen-bond acceptors (Lipinski definition) is 6. The zero-order valence-corrected chi connectivity index (χ0v) is 19.9. The van der Waals surface area contributed by atoms with Crippen LogP contribution in [0.5, 0.6) is 0 Å². The lowest BCUT2D eigenvalue weighted by Crippen LogP contribution is -2.39. The Balaban J connectivity index is 1.57. The number of nitrogens with zero attached hydrogens (tertiary/aromatic N) is 2. The van der Waals surface area contributed by atoms with Gasteiger partial charge >= 0.3 is 0 Å². The van der Waals surface area contributed by atoms with E-state index in [0.29, 0.717) is 11.1 Å². The minimum atomic E-state index is -3.26. The van der Waals surface area contributed by atoms with Gasteiger partial charge in [-0.3, -0.25) is 4.79 Å². The molecular formula is C26H26F4N4O3. The monoisotopic (exact) mass is 518 g/mol. The highest BCUT2D eigenvalue weighted by molar-refractivity contribution is 5.95. The highest BCUT2D eigenvalue weighted by atomic mass is 19.3. The number of aliphatic hydroxyl groups excluding tert-OH is 2. The SMILES string of the molecule is Cc1cc(F)cc([C@@H](CO)NC(=O)c2ccc(-c3nc([C@@H]4CC[C@@H](O)C(F)(F)C4)cnc3N)cc2F)c1. The maximum absolute atomic E-state index is 15.0. The second kappa shape index (κ2) is 10.4. The van der Waals surface area contributed by atoms with Gasteiger partial charge < -0.3 is 21.3 Å². The van der Waals surface area contributed by atoms with Crippen molar-refractivity contribution < 1.29 is 32.6 Å². The van der Waals surface area contributed by atoms with Crippen molar-refractivity contribution in [1.82, 2.24) is 15.3 Å². The van der Waals surface area contributed by atoms with E-state index in [0.717, 1.165) is 6.07 Å². The maximum Gasteiger partial charge on any atom is 0.274 e. The van der Waals surface area contributed by atoms with Crippen molar-refractivity contribution in [3.63, 3.8) is 0 Å². The number of alkyl halides is 2. The normalized spacial score (nSPS) is 19.9. The molecule has 1 aliphatic carbocycles. The summed E-state index contributed by atoms with van der Waals surface area (Å²) in [6.07, 6.45) is -0.844. The van der Waals surface area contributed by atoms with Gasteiger partial charge in [0.15, 0.2) is 0 Å². The Morgan fingerprint density at radius 3 is 2.62 bits per heavy atom. The van der Waals surface area contributed by atoms with Crippen molar-refractivity contribution in [2.45, 2.75) is 50.2 Å². The second-order valence-corrected chi connectivity index (χ2v) is 9.25. The van der Waals surface area contributed by atoms with Crippen LogP contribution in [0.2, 0.25) is 0 Å². The largest absolute Gasteiger partial charge is 0.394 e. The van der Waals surface area contributed by atoms with E-state index in [9.17, 15) is 28.2 Å². The molecule has 11 heteroatoms. The van der Waals surface area contributed by atoms with Gasteiger partial charge in [0.25, 0.3) is 11.8 Å². The van der Waals surface area contributed by atoms with E-state index in [1.807, 2.05) is 0 Å². The number of carbonyl (C=O) groups excluding carboxylic acids is 1. The summed E-state index contributed by atoms with van der Waals surface area (Å²) in [7, 11) is 0. The van der Waals surface area contributed by atoms with Crippen LogP contribution in [0.15, 0.2) is 42.6 Å². The lowest BCUT2D eigenvalue weighted by atomic mass is 9.83. The molecule has 196 valence electrons. The molecule has 5 N–H and O–H groups in total. The number of hydrogen-bond donors (Lipinski definition) is 4. The molecule has 0 unspecified atom stereocenters. The number of benzene rings is 2. The van der Waals surface area contributed by atoms with Crippen molar-refractivity contribution in [2.24, 2.45) is 0 Å². The van der Waals surface area contributed by atoms with E-state index in [1.54, 1.807) is 13.0 Å². The molecule has 3 aromatic rings. The lowest BCUT2D eigenvalue weighted by Gasteiger charge is -2.32. The smallest absolute Gasteiger partial charge is 0.274 e. The summed E-state index contributed by atoms with van der Waals surface area (Å²) in [5, 5.41) is 21.7. The van der Waals surface area contributed by atoms with Crippen LogP contribution < -0.4 is 11.1 Å². The predicted octanol–water partition coefficient (Wildman–Crippen LogP) is 4.04. The van der Waals surface area contributed by atoms with E-state index >= 15 is 4.39 Å². The number of nitrogens with one attached hydrogen (secondary N) is 1. The fourth-order valence-corrected chi connectivity index (χ4v) is 4.49. The number of halogens is 4. The number of aliphatic hydroxyl groups is 2. The number of nitrogens with two attached hydrogens (primary N) is 1. The molecule has 0 spiro atoms. The molecule has 2 aromatic carbocycles. The quantitative estimate of drug-likeness (QED) is 0.366. The Morgan fingerprint density at radius 2 is 1.97 bits per heavy atom. The van der Waals surface area contributed by atoms with E-state index in [2.05, 4.69) is 15.3 Å². The van der Waals surface area contributed by atoms with E-state index in [1.165, 1.54) is 30.5 Å². The molecule has 0 saturated heterocycles. The van der Waals surface area contributed by atoms with Gasteiger partial charge in [0.05, 0.1) is 30.1 Å². The first kappa shape index (κ1) is 26.5. The van der Waals surface area contributed by atoms with Crippen LogP contribution in [0.3, 0.4) is 0 Å². The fourth-order valence-electron chi connectivity index (χ4n) is 4.49. The molecule has 4 rings (SSSR count). The van der Waals surface area contributed by atoms with E-state index < -0.39 is 54.6 Å². The van der Waals surface area contributed by atoms with Crippen LogP contribution in [-0.4, -0.2) is 44.7 Å². The minimum Gasteiger partial charge on any atom is -0.394 e. The van der Waals surface area contributed by atoms with Gasteiger partial charge in [-0.1, -0.05) is 12.1 Å². The molecule has 1 aromatic heterocycles. The van der Waals surface area contributed by atoms with Crippen LogP contribution >= 0.6 is 0 Å².